The molecule has 2 aromatic rings. The molecule has 1 atom stereocenters. The van der Waals surface area contributed by atoms with Gasteiger partial charge in [-0.05, 0) is 35.9 Å². The Kier molecular flexibility index (Phi) is 4.42. The van der Waals surface area contributed by atoms with Crippen LogP contribution in [0.2, 0.25) is 0 Å². The molecule has 2 aliphatic rings. The number of hydrogen-bond acceptors (Lipinski definition) is 5. The summed E-state index contributed by atoms with van der Waals surface area (Å²) < 4.78 is 16.3. The van der Waals surface area contributed by atoms with Crippen molar-refractivity contribution < 1.29 is 23.8 Å². The van der Waals surface area contributed by atoms with Crippen molar-refractivity contribution in [2.24, 2.45) is 0 Å². The smallest absolute Gasteiger partial charge is 0.319 e. The van der Waals surface area contributed by atoms with Crippen LogP contribution in [0.1, 0.15) is 22.0 Å². The summed E-state index contributed by atoms with van der Waals surface area (Å²) in [6.07, 6.45) is 1.45. The van der Waals surface area contributed by atoms with Gasteiger partial charge in [0.05, 0.1) is 13.2 Å². The van der Waals surface area contributed by atoms with Crippen LogP contribution in [0, 0.1) is 0 Å². The first-order valence-electron chi connectivity index (χ1n) is 8.51. The zero-order valence-electron chi connectivity index (χ0n) is 14.7. The number of carbonyl (C=O) groups is 2. The van der Waals surface area contributed by atoms with E-state index in [0.29, 0.717) is 41.6 Å². The molecule has 0 saturated carbocycles. The maximum Gasteiger partial charge on any atom is 0.319 e. The lowest BCUT2D eigenvalue weighted by Gasteiger charge is -2.26. The Morgan fingerprint density at radius 2 is 1.93 bits per heavy atom. The van der Waals surface area contributed by atoms with E-state index in [1.54, 1.807) is 37.4 Å². The molecule has 2 heterocycles. The van der Waals surface area contributed by atoms with Crippen molar-refractivity contribution in [2.45, 2.75) is 6.04 Å². The number of ketones is 1. The van der Waals surface area contributed by atoms with Crippen LogP contribution in [0.5, 0.6) is 17.2 Å². The summed E-state index contributed by atoms with van der Waals surface area (Å²) in [6, 6.07) is 11.4. The number of hydrogen-bond donors (Lipinski definition) is 2. The van der Waals surface area contributed by atoms with E-state index in [9.17, 15) is 9.59 Å². The molecule has 1 unspecified atom stereocenters. The normalized spacial score (nSPS) is 18.0. The standard InChI is InChI=1S/C20H18N2O5/c1-25-14-4-2-3-12(9-14)18-15(11-21-20(24)22-18)19(23)13-5-6-16-17(10-13)27-8-7-26-16/h2-6,9-11,18H,7-8H2,1H3,(H2,21,22,24). The van der Waals surface area contributed by atoms with Crippen molar-refractivity contribution in [3.05, 3.63) is 65.4 Å². The summed E-state index contributed by atoms with van der Waals surface area (Å²) in [5.41, 5.74) is 1.62. The second kappa shape index (κ2) is 7.03. The van der Waals surface area contributed by atoms with Crippen molar-refractivity contribution in [1.82, 2.24) is 10.6 Å². The van der Waals surface area contributed by atoms with Gasteiger partial charge in [0.2, 0.25) is 0 Å². The quantitative estimate of drug-likeness (QED) is 0.813. The number of fused-ring (bicyclic) bond motifs is 1. The maximum absolute atomic E-state index is 13.1. The highest BCUT2D eigenvalue weighted by atomic mass is 16.6. The Hall–Kier alpha value is -3.48. The van der Waals surface area contributed by atoms with E-state index in [2.05, 4.69) is 10.6 Å². The molecule has 0 fully saturated rings. The van der Waals surface area contributed by atoms with E-state index < -0.39 is 6.04 Å². The monoisotopic (exact) mass is 366 g/mol. The first kappa shape index (κ1) is 17.0. The van der Waals surface area contributed by atoms with Gasteiger partial charge in [0.1, 0.15) is 19.0 Å². The number of nitrogens with one attached hydrogen (secondary N) is 2. The third-order valence-electron chi connectivity index (χ3n) is 4.44. The number of methoxy groups -OCH3 is 1. The molecular formula is C20H18N2O5. The van der Waals surface area contributed by atoms with Crippen molar-refractivity contribution in [1.29, 1.82) is 0 Å². The summed E-state index contributed by atoms with van der Waals surface area (Å²) in [5.74, 6) is 1.59. The summed E-state index contributed by atoms with van der Waals surface area (Å²) >= 11 is 0. The van der Waals surface area contributed by atoms with Gasteiger partial charge in [-0.2, -0.15) is 0 Å². The van der Waals surface area contributed by atoms with Crippen LogP contribution in [0.15, 0.2) is 54.2 Å². The number of urea groups is 1. The summed E-state index contributed by atoms with van der Waals surface area (Å²) in [7, 11) is 1.57. The lowest BCUT2D eigenvalue weighted by molar-refractivity contribution is 0.102. The molecule has 7 heteroatoms. The molecule has 4 rings (SSSR count). The topological polar surface area (TPSA) is 85.9 Å². The minimum atomic E-state index is -0.588. The third-order valence-corrected chi connectivity index (χ3v) is 4.44. The molecule has 0 spiro atoms. The van der Waals surface area contributed by atoms with E-state index >= 15 is 0 Å². The van der Waals surface area contributed by atoms with Gasteiger partial charge in [0, 0.05) is 17.3 Å². The number of rotatable bonds is 4. The zero-order valence-corrected chi connectivity index (χ0v) is 14.7. The average Bonchev–Trinajstić information content (AvgIpc) is 2.73. The first-order chi connectivity index (χ1) is 13.2. The number of Topliss-reactive ketones (excluding diaryl/α,β-unsaturated/α-hetero) is 1. The van der Waals surface area contributed by atoms with E-state index in [4.69, 9.17) is 14.2 Å². The van der Waals surface area contributed by atoms with Crippen LogP contribution < -0.4 is 24.8 Å². The highest BCUT2D eigenvalue weighted by Crippen LogP contribution is 2.34. The van der Waals surface area contributed by atoms with E-state index in [0.717, 1.165) is 5.56 Å². The fourth-order valence-electron chi connectivity index (χ4n) is 3.11. The largest absolute Gasteiger partial charge is 0.497 e. The lowest BCUT2D eigenvalue weighted by atomic mass is 9.91. The SMILES string of the molecule is COc1cccc(C2NC(=O)NC=C2C(=O)c2ccc3c(c2)OCCO3)c1. The van der Waals surface area contributed by atoms with Crippen LogP contribution in [0.3, 0.4) is 0 Å². The second-order valence-corrected chi connectivity index (χ2v) is 6.11. The molecule has 27 heavy (non-hydrogen) atoms. The minimum Gasteiger partial charge on any atom is -0.497 e. The summed E-state index contributed by atoms with van der Waals surface area (Å²) in [6.45, 7) is 0.927. The molecule has 2 N–H and O–H groups in total. The molecule has 2 aliphatic heterocycles. The van der Waals surface area contributed by atoms with Crippen molar-refractivity contribution in [2.75, 3.05) is 20.3 Å². The van der Waals surface area contributed by atoms with E-state index in [1.165, 1.54) is 6.20 Å². The van der Waals surface area contributed by atoms with Crippen LogP contribution in [0.4, 0.5) is 4.79 Å². The highest BCUT2D eigenvalue weighted by Gasteiger charge is 2.29. The van der Waals surface area contributed by atoms with Crippen LogP contribution in [-0.4, -0.2) is 32.1 Å². The molecule has 2 amide bonds. The Balaban J connectivity index is 1.69. The van der Waals surface area contributed by atoms with Gasteiger partial charge in [0.25, 0.3) is 0 Å². The molecule has 7 nitrogen and oxygen atoms in total. The zero-order chi connectivity index (χ0) is 18.8. The predicted octanol–water partition coefficient (Wildman–Crippen LogP) is 2.59. The number of carbonyl (C=O) groups excluding carboxylic acids is 2. The average molecular weight is 366 g/mol. The van der Waals surface area contributed by atoms with E-state index in [-0.39, 0.29) is 11.8 Å². The fraction of sp³-hybridized carbons (Fsp3) is 0.200. The summed E-state index contributed by atoms with van der Waals surface area (Å²) in [4.78, 5) is 25.0. The van der Waals surface area contributed by atoms with Crippen LogP contribution in [-0.2, 0) is 0 Å². The molecule has 0 aromatic heterocycles. The van der Waals surface area contributed by atoms with Crippen molar-refractivity contribution in [3.63, 3.8) is 0 Å². The Morgan fingerprint density at radius 3 is 2.74 bits per heavy atom. The van der Waals surface area contributed by atoms with Gasteiger partial charge >= 0.3 is 6.03 Å². The van der Waals surface area contributed by atoms with Gasteiger partial charge in [-0.25, -0.2) is 4.79 Å². The second-order valence-electron chi connectivity index (χ2n) is 6.11. The molecule has 0 aliphatic carbocycles. The van der Waals surface area contributed by atoms with Gasteiger partial charge < -0.3 is 24.8 Å². The fourth-order valence-corrected chi connectivity index (χ4v) is 3.11. The number of benzene rings is 2. The Bertz CT molecular complexity index is 938. The van der Waals surface area contributed by atoms with Gasteiger partial charge in [-0.3, -0.25) is 4.79 Å². The molecule has 0 radical (unpaired) electrons. The maximum atomic E-state index is 13.1. The van der Waals surface area contributed by atoms with Gasteiger partial charge in [-0.1, -0.05) is 12.1 Å². The van der Waals surface area contributed by atoms with Gasteiger partial charge in [0.15, 0.2) is 17.3 Å². The molecule has 2 aromatic carbocycles. The molecule has 0 saturated heterocycles. The predicted molar refractivity (Wildman–Crippen MR) is 97.2 cm³/mol. The van der Waals surface area contributed by atoms with Crippen LogP contribution in [0.25, 0.3) is 0 Å². The highest BCUT2D eigenvalue weighted by molar-refractivity contribution is 6.11. The van der Waals surface area contributed by atoms with Crippen molar-refractivity contribution >= 4 is 11.8 Å². The lowest BCUT2D eigenvalue weighted by Crippen LogP contribution is -2.42. The number of ether oxygens (including phenoxy) is 3. The first-order valence-corrected chi connectivity index (χ1v) is 8.51. The van der Waals surface area contributed by atoms with E-state index in [1.807, 2.05) is 12.1 Å². The van der Waals surface area contributed by atoms with Crippen LogP contribution >= 0.6 is 0 Å². The van der Waals surface area contributed by atoms with Crippen molar-refractivity contribution in [3.8, 4) is 17.2 Å². The van der Waals surface area contributed by atoms with Gasteiger partial charge in [-0.15, -0.1) is 0 Å². The Labute approximate surface area is 155 Å². The molecular weight excluding hydrogens is 348 g/mol. The molecule has 0 bridgehead atoms. The summed E-state index contributed by atoms with van der Waals surface area (Å²) in [5, 5.41) is 5.35. The number of amides is 2. The minimum absolute atomic E-state index is 0.215. The Morgan fingerprint density at radius 1 is 1.11 bits per heavy atom. The third kappa shape index (κ3) is 3.31. The molecule has 138 valence electrons.